The smallest absolute Gasteiger partial charge is 0.482 e. The third kappa shape index (κ3) is 6.63. The van der Waals surface area contributed by atoms with Crippen molar-refractivity contribution in [2.24, 2.45) is 0 Å². The molecule has 0 unspecified atom stereocenters. The Bertz CT molecular complexity index is 236. The summed E-state index contributed by atoms with van der Waals surface area (Å²) in [6, 6.07) is 8.84. The van der Waals surface area contributed by atoms with Gasteiger partial charge in [-0.15, -0.1) is 0 Å². The van der Waals surface area contributed by atoms with E-state index in [-0.39, 0.29) is 43.6 Å². The van der Waals surface area contributed by atoms with Crippen LogP contribution >= 0.6 is 0 Å². The van der Waals surface area contributed by atoms with Crippen LogP contribution in [0.1, 0.15) is 0 Å². The zero-order valence-corrected chi connectivity index (χ0v) is 9.86. The van der Waals surface area contributed by atoms with Crippen molar-refractivity contribution in [2.75, 3.05) is 6.61 Å². The van der Waals surface area contributed by atoms with Gasteiger partial charge in [-0.3, -0.25) is 0 Å². The summed E-state index contributed by atoms with van der Waals surface area (Å²) in [6.45, 7) is -0.288. The number of para-hydroxylation sites is 1. The van der Waals surface area contributed by atoms with E-state index in [0.29, 0.717) is 5.75 Å². The second-order valence-electron chi connectivity index (χ2n) is 2.00. The number of ether oxygens (including phenoxy) is 1. The van der Waals surface area contributed by atoms with E-state index >= 15 is 0 Å². The van der Waals surface area contributed by atoms with Gasteiger partial charge in [0.2, 0.25) is 0 Å². The Balaban J connectivity index is 0. The fourth-order valence-electron chi connectivity index (χ4n) is 0.662. The molecule has 1 aromatic carbocycles. The Morgan fingerprint density at radius 2 is 1.85 bits per heavy atom. The van der Waals surface area contributed by atoms with Gasteiger partial charge in [0.25, 0.3) is 0 Å². The molecule has 0 aliphatic rings. The van der Waals surface area contributed by atoms with Crippen molar-refractivity contribution >= 4 is 5.97 Å². The average Bonchev–Trinajstić information content (AvgIpc) is 2.03. The van der Waals surface area contributed by atoms with Crippen molar-refractivity contribution in [1.29, 1.82) is 0 Å². The summed E-state index contributed by atoms with van der Waals surface area (Å²) in [5.74, 6) is -0.385. The molecule has 0 atom stereocenters. The zero-order valence-electron chi connectivity index (χ0n) is 7.86. The number of benzene rings is 1. The van der Waals surface area contributed by atoms with Gasteiger partial charge in [-0.25, -0.2) is 4.79 Å². The molecule has 13 heavy (non-hydrogen) atoms. The SMILES string of the molecule is O=C(O)COc1ccccc1.[CH3-].[Na+]. The Hall–Kier alpha value is -0.510. The van der Waals surface area contributed by atoms with Crippen LogP contribution in [0, 0.1) is 7.43 Å². The summed E-state index contributed by atoms with van der Waals surface area (Å²) >= 11 is 0. The second-order valence-corrected chi connectivity index (χ2v) is 2.00. The fourth-order valence-corrected chi connectivity index (χ4v) is 0.662. The monoisotopic (exact) mass is 190 g/mol. The normalized spacial score (nSPS) is 7.69. The van der Waals surface area contributed by atoms with Crippen molar-refractivity contribution in [1.82, 2.24) is 0 Å². The van der Waals surface area contributed by atoms with E-state index in [0.717, 1.165) is 0 Å². The Morgan fingerprint density at radius 1 is 1.31 bits per heavy atom. The summed E-state index contributed by atoms with van der Waals surface area (Å²) in [6.07, 6.45) is 0. The quantitative estimate of drug-likeness (QED) is 0.471. The largest absolute Gasteiger partial charge is 1.00 e. The topological polar surface area (TPSA) is 46.5 Å². The second kappa shape index (κ2) is 8.10. The molecule has 0 fully saturated rings. The summed E-state index contributed by atoms with van der Waals surface area (Å²) in [4.78, 5) is 10.0. The molecule has 0 bridgehead atoms. The molecule has 4 heteroatoms. The van der Waals surface area contributed by atoms with Crippen LogP contribution in [0.25, 0.3) is 0 Å². The Morgan fingerprint density at radius 3 is 2.31 bits per heavy atom. The first kappa shape index (κ1) is 15.0. The molecule has 0 amide bonds. The molecule has 0 aliphatic heterocycles. The molecule has 0 spiro atoms. The van der Waals surface area contributed by atoms with Crippen molar-refractivity contribution in [3.05, 3.63) is 37.8 Å². The van der Waals surface area contributed by atoms with E-state index in [1.165, 1.54) is 0 Å². The van der Waals surface area contributed by atoms with Gasteiger partial charge in [-0.05, 0) is 12.1 Å². The molecule has 0 heterocycles. The van der Waals surface area contributed by atoms with Crippen LogP contribution in [0.4, 0.5) is 0 Å². The molecule has 0 saturated heterocycles. The maximum absolute atomic E-state index is 10.0. The van der Waals surface area contributed by atoms with E-state index in [9.17, 15) is 4.79 Å². The van der Waals surface area contributed by atoms with Gasteiger partial charge in [0.15, 0.2) is 6.61 Å². The molecule has 66 valence electrons. The number of hydrogen-bond acceptors (Lipinski definition) is 2. The number of rotatable bonds is 3. The molecule has 3 nitrogen and oxygen atoms in total. The van der Waals surface area contributed by atoms with E-state index in [1.54, 1.807) is 24.3 Å². The van der Waals surface area contributed by atoms with Crippen molar-refractivity contribution in [3.63, 3.8) is 0 Å². The maximum atomic E-state index is 10.0. The maximum Gasteiger partial charge on any atom is 1.00 e. The van der Waals surface area contributed by atoms with Gasteiger partial charge in [0, 0.05) is 0 Å². The summed E-state index contributed by atoms with van der Waals surface area (Å²) in [5.41, 5.74) is 0. The molecular formula is C9H11NaO3. The van der Waals surface area contributed by atoms with Crippen molar-refractivity contribution in [2.45, 2.75) is 0 Å². The molecule has 1 N–H and O–H groups in total. The molecule has 0 aromatic heterocycles. The summed E-state index contributed by atoms with van der Waals surface area (Å²) in [5, 5.41) is 8.25. The van der Waals surface area contributed by atoms with E-state index < -0.39 is 5.97 Å². The van der Waals surface area contributed by atoms with Crippen molar-refractivity contribution in [3.8, 4) is 5.75 Å². The van der Waals surface area contributed by atoms with Crippen LogP contribution in [0.3, 0.4) is 0 Å². The van der Waals surface area contributed by atoms with Gasteiger partial charge in [-0.2, -0.15) is 0 Å². The first-order valence-electron chi connectivity index (χ1n) is 3.18. The average molecular weight is 190 g/mol. The number of aliphatic carboxylic acids is 1. The molecule has 1 rings (SSSR count). The number of carbonyl (C=O) groups is 1. The Labute approximate surface area is 100 Å². The number of carboxylic acid groups (broad SMARTS) is 1. The Kier molecular flexibility index (Phi) is 9.34. The van der Waals surface area contributed by atoms with Crippen LogP contribution in [-0.2, 0) is 4.79 Å². The minimum absolute atomic E-state index is 0. The minimum atomic E-state index is -0.964. The van der Waals surface area contributed by atoms with Gasteiger partial charge >= 0.3 is 35.5 Å². The molecular weight excluding hydrogens is 179 g/mol. The summed E-state index contributed by atoms with van der Waals surface area (Å²) in [7, 11) is 0. The van der Waals surface area contributed by atoms with E-state index in [1.807, 2.05) is 6.07 Å². The first-order chi connectivity index (χ1) is 5.29. The van der Waals surface area contributed by atoms with E-state index in [4.69, 9.17) is 9.84 Å². The van der Waals surface area contributed by atoms with Crippen LogP contribution in [0.2, 0.25) is 0 Å². The number of carboxylic acids is 1. The molecule has 0 saturated carbocycles. The van der Waals surface area contributed by atoms with Crippen LogP contribution in [0.15, 0.2) is 30.3 Å². The fraction of sp³-hybridized carbons (Fsp3) is 0.111. The molecule has 1 aromatic rings. The van der Waals surface area contributed by atoms with E-state index in [2.05, 4.69) is 0 Å². The predicted molar refractivity (Wildman–Crippen MR) is 46.0 cm³/mol. The molecule has 0 radical (unpaired) electrons. The van der Waals surface area contributed by atoms with Crippen LogP contribution in [-0.4, -0.2) is 17.7 Å². The van der Waals surface area contributed by atoms with Crippen molar-refractivity contribution < 1.29 is 44.2 Å². The minimum Gasteiger partial charge on any atom is -0.482 e. The standard InChI is InChI=1S/C8H8O3.CH3.Na/c9-8(10)6-11-7-4-2-1-3-5-7;;/h1-5H,6H2,(H,9,10);1H3;/q;-1;+1. The van der Waals surface area contributed by atoms with Gasteiger partial charge in [-0.1, -0.05) is 18.2 Å². The van der Waals surface area contributed by atoms with Crippen LogP contribution < -0.4 is 34.3 Å². The summed E-state index contributed by atoms with van der Waals surface area (Å²) < 4.78 is 4.87. The van der Waals surface area contributed by atoms with Gasteiger partial charge in [0.1, 0.15) is 5.75 Å². The van der Waals surface area contributed by atoms with Crippen LogP contribution in [0.5, 0.6) is 5.75 Å². The molecule has 0 aliphatic carbocycles. The zero-order chi connectivity index (χ0) is 8.10. The van der Waals surface area contributed by atoms with Gasteiger partial charge < -0.3 is 17.3 Å². The third-order valence-electron chi connectivity index (χ3n) is 1.11. The number of hydrogen-bond donors (Lipinski definition) is 1. The van der Waals surface area contributed by atoms with Gasteiger partial charge in [0.05, 0.1) is 0 Å². The predicted octanol–water partition coefficient (Wildman–Crippen LogP) is -1.40. The first-order valence-corrected chi connectivity index (χ1v) is 3.18. The third-order valence-corrected chi connectivity index (χ3v) is 1.11.